The Labute approximate surface area is 128 Å². The fourth-order valence-electron chi connectivity index (χ4n) is 2.16. The second-order valence-electron chi connectivity index (χ2n) is 4.47. The van der Waals surface area contributed by atoms with Crippen molar-refractivity contribution < 1.29 is 19.1 Å². The summed E-state index contributed by atoms with van der Waals surface area (Å²) in [5.41, 5.74) is 2.72. The molecule has 2 aromatic rings. The lowest BCUT2D eigenvalue weighted by atomic mass is 9.95. The Morgan fingerprint density at radius 2 is 1.77 bits per heavy atom. The molecule has 0 aliphatic heterocycles. The number of hydrogen-bond acceptors (Lipinski definition) is 5. The molecule has 2 rings (SSSR count). The van der Waals surface area contributed by atoms with Gasteiger partial charge in [0.2, 0.25) is 0 Å². The van der Waals surface area contributed by atoms with Gasteiger partial charge >= 0.3 is 0 Å². The van der Waals surface area contributed by atoms with Gasteiger partial charge in [-0.15, -0.1) is 0 Å². The molecular formula is C17H15NO4. The molecule has 0 aliphatic carbocycles. The van der Waals surface area contributed by atoms with E-state index < -0.39 is 0 Å². The maximum Gasteiger partial charge on any atom is 0.157 e. The Morgan fingerprint density at radius 1 is 1.14 bits per heavy atom. The van der Waals surface area contributed by atoms with Gasteiger partial charge in [-0.1, -0.05) is 6.58 Å². The number of rotatable bonds is 6. The Bertz CT molecular complexity index is 712. The van der Waals surface area contributed by atoms with Crippen molar-refractivity contribution in [2.75, 3.05) is 14.2 Å². The first-order valence-corrected chi connectivity index (χ1v) is 6.46. The van der Waals surface area contributed by atoms with Gasteiger partial charge in [0.05, 0.1) is 19.8 Å². The number of aromatic nitrogens is 1. The molecule has 0 spiro atoms. The first-order chi connectivity index (χ1) is 10.7. The molecular weight excluding hydrogens is 282 g/mol. The summed E-state index contributed by atoms with van der Waals surface area (Å²) in [4.78, 5) is 26.2. The van der Waals surface area contributed by atoms with Crippen LogP contribution in [0.2, 0.25) is 0 Å². The van der Waals surface area contributed by atoms with E-state index in [1.54, 1.807) is 24.4 Å². The van der Waals surface area contributed by atoms with Crippen LogP contribution in [0, 0.1) is 0 Å². The van der Waals surface area contributed by atoms with Crippen molar-refractivity contribution in [3.05, 3.63) is 59.4 Å². The van der Waals surface area contributed by atoms with E-state index in [9.17, 15) is 9.59 Å². The van der Waals surface area contributed by atoms with Crippen LogP contribution >= 0.6 is 0 Å². The van der Waals surface area contributed by atoms with E-state index in [4.69, 9.17) is 9.47 Å². The van der Waals surface area contributed by atoms with Crippen molar-refractivity contribution in [1.82, 2.24) is 4.98 Å². The highest BCUT2D eigenvalue weighted by Gasteiger charge is 2.15. The number of methoxy groups -OCH3 is 2. The minimum Gasteiger partial charge on any atom is -0.496 e. The lowest BCUT2D eigenvalue weighted by Crippen LogP contribution is -1.99. The molecule has 0 N–H and O–H groups in total. The van der Waals surface area contributed by atoms with E-state index in [1.165, 1.54) is 20.4 Å². The van der Waals surface area contributed by atoms with Crippen LogP contribution in [-0.2, 0) is 0 Å². The number of nitrogens with zero attached hydrogens (tertiary/aromatic N) is 1. The van der Waals surface area contributed by atoms with E-state index in [1.807, 2.05) is 0 Å². The number of ether oxygens (including phenoxy) is 2. The highest BCUT2D eigenvalue weighted by Crippen LogP contribution is 2.34. The van der Waals surface area contributed by atoms with E-state index in [2.05, 4.69) is 11.6 Å². The molecule has 1 heterocycles. The zero-order valence-electron chi connectivity index (χ0n) is 12.3. The maximum absolute atomic E-state index is 11.2. The van der Waals surface area contributed by atoms with E-state index >= 15 is 0 Å². The van der Waals surface area contributed by atoms with Gasteiger partial charge in [-0.3, -0.25) is 14.6 Å². The van der Waals surface area contributed by atoms with Gasteiger partial charge in [0, 0.05) is 18.0 Å². The van der Waals surface area contributed by atoms with Crippen LogP contribution in [0.4, 0.5) is 0 Å². The predicted molar refractivity (Wildman–Crippen MR) is 82.7 cm³/mol. The van der Waals surface area contributed by atoms with E-state index in [0.717, 1.165) is 6.29 Å². The molecule has 0 saturated carbocycles. The summed E-state index contributed by atoms with van der Waals surface area (Å²) in [6, 6.07) is 5.08. The fraction of sp³-hybridized carbons (Fsp3) is 0.118. The Morgan fingerprint density at radius 3 is 2.27 bits per heavy atom. The lowest BCUT2D eigenvalue weighted by Gasteiger charge is -2.14. The van der Waals surface area contributed by atoms with Crippen molar-refractivity contribution in [2.45, 2.75) is 0 Å². The molecule has 5 nitrogen and oxygen atoms in total. The third-order valence-electron chi connectivity index (χ3n) is 3.31. The zero-order valence-corrected chi connectivity index (χ0v) is 12.3. The van der Waals surface area contributed by atoms with Crippen LogP contribution < -0.4 is 9.47 Å². The van der Waals surface area contributed by atoms with Crippen molar-refractivity contribution in [3.63, 3.8) is 0 Å². The molecule has 0 unspecified atom stereocenters. The van der Waals surface area contributed by atoms with Gasteiger partial charge in [0.1, 0.15) is 11.5 Å². The molecule has 0 aliphatic rings. The normalized spacial score (nSPS) is 9.91. The highest BCUT2D eigenvalue weighted by atomic mass is 16.5. The molecule has 1 aromatic heterocycles. The molecule has 22 heavy (non-hydrogen) atoms. The molecule has 0 saturated heterocycles. The summed E-state index contributed by atoms with van der Waals surface area (Å²) in [7, 11) is 2.94. The smallest absolute Gasteiger partial charge is 0.157 e. The third-order valence-corrected chi connectivity index (χ3v) is 3.31. The molecule has 0 atom stereocenters. The minimum atomic E-state index is 0.326. The van der Waals surface area contributed by atoms with Crippen LogP contribution in [0.3, 0.4) is 0 Å². The number of carbonyl (C=O) groups is 2. The standard InChI is InChI=1S/C17H15NO4/c1-11(14-4-5-18-8-13(14)9-19)12-6-16(21-2)15(10-20)17(7-12)22-3/h4-10H,1H2,2-3H3. The predicted octanol–water partition coefficient (Wildman–Crippen LogP) is 2.79. The highest BCUT2D eigenvalue weighted by molar-refractivity contribution is 5.92. The quantitative estimate of drug-likeness (QED) is 0.767. The zero-order chi connectivity index (χ0) is 16.1. The molecule has 0 bridgehead atoms. The maximum atomic E-state index is 11.2. The summed E-state index contributed by atoms with van der Waals surface area (Å²) < 4.78 is 10.5. The second kappa shape index (κ2) is 6.67. The van der Waals surface area contributed by atoms with Crippen LogP contribution in [0.1, 0.15) is 31.8 Å². The van der Waals surface area contributed by atoms with E-state index in [0.29, 0.717) is 45.6 Å². The summed E-state index contributed by atoms with van der Waals surface area (Å²) in [5, 5.41) is 0. The Balaban J connectivity index is 2.59. The van der Waals surface area contributed by atoms with Gasteiger partial charge in [-0.05, 0) is 34.9 Å². The first-order valence-electron chi connectivity index (χ1n) is 6.46. The number of hydrogen-bond donors (Lipinski definition) is 0. The van der Waals surface area contributed by atoms with Crippen molar-refractivity contribution >= 4 is 18.1 Å². The van der Waals surface area contributed by atoms with Crippen LogP contribution in [0.5, 0.6) is 11.5 Å². The molecule has 0 fully saturated rings. The summed E-state index contributed by atoms with van der Waals surface area (Å²) in [6.07, 6.45) is 4.46. The Hall–Kier alpha value is -2.95. The van der Waals surface area contributed by atoms with Crippen molar-refractivity contribution in [1.29, 1.82) is 0 Å². The van der Waals surface area contributed by atoms with Crippen LogP contribution in [0.15, 0.2) is 37.2 Å². The molecule has 1 aromatic carbocycles. The van der Waals surface area contributed by atoms with Gasteiger partial charge in [-0.2, -0.15) is 0 Å². The van der Waals surface area contributed by atoms with Crippen LogP contribution in [0.25, 0.3) is 5.57 Å². The second-order valence-corrected chi connectivity index (χ2v) is 4.47. The summed E-state index contributed by atoms with van der Waals surface area (Å²) in [5.74, 6) is 0.763. The average Bonchev–Trinajstić information content (AvgIpc) is 2.59. The van der Waals surface area contributed by atoms with Crippen LogP contribution in [-0.4, -0.2) is 31.8 Å². The third kappa shape index (κ3) is 2.74. The summed E-state index contributed by atoms with van der Waals surface area (Å²) >= 11 is 0. The number of aldehydes is 2. The molecule has 112 valence electrons. The van der Waals surface area contributed by atoms with Gasteiger partial charge in [0.25, 0.3) is 0 Å². The SMILES string of the molecule is C=C(c1cc(OC)c(C=O)c(OC)c1)c1ccncc1C=O. The first kappa shape index (κ1) is 15.4. The van der Waals surface area contributed by atoms with E-state index in [-0.39, 0.29) is 0 Å². The topological polar surface area (TPSA) is 65.5 Å². The van der Waals surface area contributed by atoms with Crippen molar-refractivity contribution in [2.24, 2.45) is 0 Å². The average molecular weight is 297 g/mol. The largest absolute Gasteiger partial charge is 0.496 e. The summed E-state index contributed by atoms with van der Waals surface area (Å²) in [6.45, 7) is 4.02. The Kier molecular flexibility index (Phi) is 4.68. The van der Waals surface area contributed by atoms with Gasteiger partial charge in [0.15, 0.2) is 12.6 Å². The molecule has 5 heteroatoms. The number of benzene rings is 1. The molecule has 0 amide bonds. The lowest BCUT2D eigenvalue weighted by molar-refractivity contribution is 0.111. The number of pyridine rings is 1. The number of carbonyl (C=O) groups excluding carboxylic acids is 2. The van der Waals surface area contributed by atoms with Crippen molar-refractivity contribution in [3.8, 4) is 11.5 Å². The fourth-order valence-corrected chi connectivity index (χ4v) is 2.16. The van der Waals surface area contributed by atoms with Gasteiger partial charge < -0.3 is 9.47 Å². The van der Waals surface area contributed by atoms with Gasteiger partial charge in [-0.25, -0.2) is 0 Å². The molecule has 0 radical (unpaired) electrons. The monoisotopic (exact) mass is 297 g/mol. The minimum absolute atomic E-state index is 0.326.